The summed E-state index contributed by atoms with van der Waals surface area (Å²) in [4.78, 5) is 0. The topological polar surface area (TPSA) is 12.0 Å². The maximum Gasteiger partial charge on any atom is 0.248 e. The third-order valence-electron chi connectivity index (χ3n) is 3.23. The van der Waals surface area contributed by atoms with E-state index in [0.717, 1.165) is 6.42 Å². The summed E-state index contributed by atoms with van der Waals surface area (Å²) < 4.78 is 25.8. The quantitative estimate of drug-likeness (QED) is 0.743. The smallest absolute Gasteiger partial charge is 0.248 e. The van der Waals surface area contributed by atoms with Crippen molar-refractivity contribution in [2.45, 2.75) is 76.8 Å². The molecule has 1 nitrogen and oxygen atoms in total. The Kier molecular flexibility index (Phi) is 4.97. The first-order chi connectivity index (χ1) is 7.03. The van der Waals surface area contributed by atoms with E-state index in [1.54, 1.807) is 0 Å². The number of unbranched alkanes of at least 4 members (excludes halogenated alkanes) is 1. The summed E-state index contributed by atoms with van der Waals surface area (Å²) in [5, 5.41) is 3.46. The molecule has 0 aromatic rings. The van der Waals surface area contributed by atoms with Gasteiger partial charge in [0.2, 0.25) is 5.92 Å². The molecule has 0 spiro atoms. The second kappa shape index (κ2) is 5.78. The van der Waals surface area contributed by atoms with Gasteiger partial charge in [-0.3, -0.25) is 0 Å². The summed E-state index contributed by atoms with van der Waals surface area (Å²) in [7, 11) is 0. The van der Waals surface area contributed by atoms with Gasteiger partial charge in [0.1, 0.15) is 0 Å². The van der Waals surface area contributed by atoms with Gasteiger partial charge in [-0.1, -0.05) is 19.8 Å². The minimum absolute atomic E-state index is 0.0607. The van der Waals surface area contributed by atoms with Crippen LogP contribution in [0.1, 0.15) is 58.8 Å². The van der Waals surface area contributed by atoms with Crippen molar-refractivity contribution in [3.63, 3.8) is 0 Å². The molecule has 1 saturated carbocycles. The van der Waals surface area contributed by atoms with Crippen LogP contribution in [0, 0.1) is 0 Å². The molecule has 0 bridgehead atoms. The molecule has 0 saturated heterocycles. The fourth-order valence-electron chi connectivity index (χ4n) is 2.20. The van der Waals surface area contributed by atoms with Gasteiger partial charge in [-0.05, 0) is 26.2 Å². The molecule has 90 valence electrons. The molecule has 0 aromatic carbocycles. The minimum atomic E-state index is -2.40. The first-order valence-electron chi connectivity index (χ1n) is 6.17. The monoisotopic (exact) mass is 219 g/mol. The molecule has 1 rings (SSSR count). The number of halogens is 2. The van der Waals surface area contributed by atoms with Crippen LogP contribution in [0.4, 0.5) is 8.78 Å². The Morgan fingerprint density at radius 2 is 1.93 bits per heavy atom. The lowest BCUT2D eigenvalue weighted by atomic mass is 9.91. The van der Waals surface area contributed by atoms with Crippen molar-refractivity contribution in [1.29, 1.82) is 0 Å². The van der Waals surface area contributed by atoms with Gasteiger partial charge in [0, 0.05) is 24.9 Å². The van der Waals surface area contributed by atoms with Crippen molar-refractivity contribution < 1.29 is 8.78 Å². The van der Waals surface area contributed by atoms with Gasteiger partial charge in [-0.2, -0.15) is 0 Å². The number of hydrogen-bond acceptors (Lipinski definition) is 1. The number of alkyl halides is 2. The highest BCUT2D eigenvalue weighted by Crippen LogP contribution is 2.33. The number of rotatable bonds is 5. The SMILES string of the molecule is CCCCC(C)NC1CCC(F)(F)CC1. The van der Waals surface area contributed by atoms with Crippen LogP contribution in [0.15, 0.2) is 0 Å². The molecule has 0 radical (unpaired) electrons. The van der Waals surface area contributed by atoms with E-state index in [4.69, 9.17) is 0 Å². The van der Waals surface area contributed by atoms with Crippen molar-refractivity contribution in [2.75, 3.05) is 0 Å². The predicted octanol–water partition coefficient (Wildman–Crippen LogP) is 3.73. The Bertz CT molecular complexity index is 172. The van der Waals surface area contributed by atoms with Gasteiger partial charge in [0.05, 0.1) is 0 Å². The van der Waals surface area contributed by atoms with E-state index in [1.807, 2.05) is 0 Å². The summed E-state index contributed by atoms with van der Waals surface area (Å²) in [6.07, 6.45) is 4.96. The predicted molar refractivity (Wildman–Crippen MR) is 59.3 cm³/mol. The van der Waals surface area contributed by atoms with Crippen molar-refractivity contribution in [3.05, 3.63) is 0 Å². The molecule has 0 amide bonds. The van der Waals surface area contributed by atoms with Crippen LogP contribution in [0.3, 0.4) is 0 Å². The van der Waals surface area contributed by atoms with Crippen molar-refractivity contribution in [2.24, 2.45) is 0 Å². The molecule has 15 heavy (non-hydrogen) atoms. The van der Waals surface area contributed by atoms with Gasteiger partial charge >= 0.3 is 0 Å². The molecular formula is C12H23F2N. The van der Waals surface area contributed by atoms with E-state index in [-0.39, 0.29) is 12.8 Å². The highest BCUT2D eigenvalue weighted by atomic mass is 19.3. The highest BCUT2D eigenvalue weighted by molar-refractivity contribution is 4.82. The standard InChI is InChI=1S/C12H23F2N/c1-3-4-5-10(2)15-11-6-8-12(13,14)9-7-11/h10-11,15H,3-9H2,1-2H3. The number of nitrogens with one attached hydrogen (secondary N) is 1. The van der Waals surface area contributed by atoms with Crippen LogP contribution in [-0.2, 0) is 0 Å². The summed E-state index contributed by atoms with van der Waals surface area (Å²) >= 11 is 0. The largest absolute Gasteiger partial charge is 0.312 e. The summed E-state index contributed by atoms with van der Waals surface area (Å²) in [5.74, 6) is -2.40. The van der Waals surface area contributed by atoms with E-state index in [0.29, 0.717) is 24.9 Å². The van der Waals surface area contributed by atoms with Gasteiger partial charge in [0.15, 0.2) is 0 Å². The van der Waals surface area contributed by atoms with Gasteiger partial charge < -0.3 is 5.32 Å². The Morgan fingerprint density at radius 3 is 2.47 bits per heavy atom. The lowest BCUT2D eigenvalue weighted by molar-refractivity contribution is -0.0411. The zero-order valence-corrected chi connectivity index (χ0v) is 9.86. The van der Waals surface area contributed by atoms with E-state index < -0.39 is 5.92 Å². The van der Waals surface area contributed by atoms with E-state index in [9.17, 15) is 8.78 Å². The molecule has 0 heterocycles. The van der Waals surface area contributed by atoms with Crippen LogP contribution >= 0.6 is 0 Å². The Labute approximate surface area is 91.6 Å². The molecule has 3 heteroatoms. The molecule has 1 atom stereocenters. The Morgan fingerprint density at radius 1 is 1.33 bits per heavy atom. The van der Waals surface area contributed by atoms with Crippen molar-refractivity contribution in [1.82, 2.24) is 5.32 Å². The first-order valence-corrected chi connectivity index (χ1v) is 6.17. The van der Waals surface area contributed by atoms with E-state index >= 15 is 0 Å². The van der Waals surface area contributed by atoms with Gasteiger partial charge in [0.25, 0.3) is 0 Å². The van der Waals surface area contributed by atoms with Crippen LogP contribution < -0.4 is 5.32 Å². The fourth-order valence-corrected chi connectivity index (χ4v) is 2.20. The highest BCUT2D eigenvalue weighted by Gasteiger charge is 2.34. The van der Waals surface area contributed by atoms with Gasteiger partial charge in [-0.25, -0.2) is 8.78 Å². The first kappa shape index (κ1) is 12.9. The Balaban J connectivity index is 2.17. The molecule has 1 aliphatic rings. The second-order valence-electron chi connectivity index (χ2n) is 4.84. The minimum Gasteiger partial charge on any atom is -0.312 e. The molecule has 1 fully saturated rings. The summed E-state index contributed by atoms with van der Waals surface area (Å²) in [5.41, 5.74) is 0. The van der Waals surface area contributed by atoms with E-state index in [1.165, 1.54) is 12.8 Å². The third-order valence-corrected chi connectivity index (χ3v) is 3.23. The molecule has 1 unspecified atom stereocenters. The van der Waals surface area contributed by atoms with Crippen LogP contribution in [0.25, 0.3) is 0 Å². The summed E-state index contributed by atoms with van der Waals surface area (Å²) in [6, 6.07) is 0.790. The fraction of sp³-hybridized carbons (Fsp3) is 1.00. The Hall–Kier alpha value is -0.180. The van der Waals surface area contributed by atoms with Crippen LogP contribution in [-0.4, -0.2) is 18.0 Å². The molecule has 0 aromatic heterocycles. The molecular weight excluding hydrogens is 196 g/mol. The molecule has 1 aliphatic carbocycles. The maximum absolute atomic E-state index is 12.9. The zero-order chi connectivity index (χ0) is 11.3. The third kappa shape index (κ3) is 4.92. The zero-order valence-electron chi connectivity index (χ0n) is 9.86. The maximum atomic E-state index is 12.9. The molecule has 1 N–H and O–H groups in total. The van der Waals surface area contributed by atoms with Crippen LogP contribution in [0.2, 0.25) is 0 Å². The summed E-state index contributed by atoms with van der Waals surface area (Å²) in [6.45, 7) is 4.33. The van der Waals surface area contributed by atoms with Crippen molar-refractivity contribution >= 4 is 0 Å². The van der Waals surface area contributed by atoms with Gasteiger partial charge in [-0.15, -0.1) is 0 Å². The van der Waals surface area contributed by atoms with Crippen LogP contribution in [0.5, 0.6) is 0 Å². The molecule has 0 aliphatic heterocycles. The lowest BCUT2D eigenvalue weighted by Crippen LogP contribution is -2.41. The normalized spacial score (nSPS) is 24.0. The lowest BCUT2D eigenvalue weighted by Gasteiger charge is -2.31. The average Bonchev–Trinajstić information content (AvgIpc) is 2.18. The van der Waals surface area contributed by atoms with Crippen molar-refractivity contribution in [3.8, 4) is 0 Å². The number of hydrogen-bond donors (Lipinski definition) is 1. The van der Waals surface area contributed by atoms with E-state index in [2.05, 4.69) is 19.2 Å². The average molecular weight is 219 g/mol. The second-order valence-corrected chi connectivity index (χ2v) is 4.84.